The van der Waals surface area contributed by atoms with Gasteiger partial charge < -0.3 is 10.2 Å². The van der Waals surface area contributed by atoms with Crippen LogP contribution in [0.2, 0.25) is 0 Å². The lowest BCUT2D eigenvalue weighted by Crippen LogP contribution is -2.59. The highest BCUT2D eigenvalue weighted by atomic mass is 32.1. The third-order valence-electron chi connectivity index (χ3n) is 5.76. The number of nitrogens with zero attached hydrogens (tertiary/aromatic N) is 3. The molecule has 2 amide bonds. The molecule has 2 fully saturated rings. The molecule has 2 aromatic heterocycles. The van der Waals surface area contributed by atoms with Crippen LogP contribution in [0.1, 0.15) is 51.4 Å². The van der Waals surface area contributed by atoms with Crippen LogP contribution < -0.4 is 5.32 Å². The molecule has 2 aromatic rings. The van der Waals surface area contributed by atoms with Crippen molar-refractivity contribution in [2.75, 3.05) is 13.1 Å². The number of aryl methyl sites for hydroxylation is 1. The number of carbonyl (C=O) groups is 2. The molecule has 2 aliphatic rings. The van der Waals surface area contributed by atoms with Crippen molar-refractivity contribution in [2.24, 2.45) is 5.41 Å². The Morgan fingerprint density at radius 2 is 2.08 bits per heavy atom. The Hall–Kier alpha value is -2.28. The van der Waals surface area contributed by atoms with Gasteiger partial charge in [0.1, 0.15) is 5.69 Å². The lowest BCUT2D eigenvalue weighted by Gasteiger charge is -2.54. The van der Waals surface area contributed by atoms with E-state index in [9.17, 15) is 9.59 Å². The molecule has 0 bridgehead atoms. The molecular weight excluding hydrogens is 348 g/mol. The normalized spacial score (nSPS) is 21.3. The number of aromatic nitrogens is 2. The number of piperidine rings is 1. The molecule has 6 nitrogen and oxygen atoms in total. The standard InChI is InChI=1S/C19H22N4O2S/c1-13-10-15(26-12-13)18(25)23-8-4-19(5-9-23)3-2-16(19)22-17(24)14-11-20-6-7-21-14/h6-7,10-12,16H,2-5,8-9H2,1H3,(H,22,24). The summed E-state index contributed by atoms with van der Waals surface area (Å²) in [6.07, 6.45) is 8.56. The second-order valence-corrected chi connectivity index (χ2v) is 8.21. The molecule has 1 saturated carbocycles. The summed E-state index contributed by atoms with van der Waals surface area (Å²) < 4.78 is 0. The van der Waals surface area contributed by atoms with Gasteiger partial charge >= 0.3 is 0 Å². The van der Waals surface area contributed by atoms with Crippen molar-refractivity contribution in [1.82, 2.24) is 20.2 Å². The van der Waals surface area contributed by atoms with Crippen LogP contribution in [0.5, 0.6) is 0 Å². The van der Waals surface area contributed by atoms with Gasteiger partial charge in [-0.05, 0) is 55.0 Å². The van der Waals surface area contributed by atoms with Crippen molar-refractivity contribution >= 4 is 23.2 Å². The van der Waals surface area contributed by atoms with Crippen molar-refractivity contribution in [2.45, 2.75) is 38.6 Å². The molecule has 1 aliphatic heterocycles. The Balaban J connectivity index is 1.36. The van der Waals surface area contributed by atoms with Crippen LogP contribution in [0.4, 0.5) is 0 Å². The zero-order valence-electron chi connectivity index (χ0n) is 14.8. The van der Waals surface area contributed by atoms with Crippen molar-refractivity contribution in [3.8, 4) is 0 Å². The largest absolute Gasteiger partial charge is 0.347 e. The first-order chi connectivity index (χ1) is 12.6. The Morgan fingerprint density at radius 1 is 1.27 bits per heavy atom. The van der Waals surface area contributed by atoms with E-state index in [2.05, 4.69) is 15.3 Å². The van der Waals surface area contributed by atoms with Gasteiger partial charge in [0.25, 0.3) is 11.8 Å². The van der Waals surface area contributed by atoms with Crippen LogP contribution >= 0.6 is 11.3 Å². The number of nitrogens with one attached hydrogen (secondary N) is 1. The van der Waals surface area contributed by atoms with E-state index in [0.29, 0.717) is 5.69 Å². The maximum Gasteiger partial charge on any atom is 0.271 e. The highest BCUT2D eigenvalue weighted by Crippen LogP contribution is 2.49. The molecular formula is C19H22N4O2S. The first-order valence-electron chi connectivity index (χ1n) is 8.99. The molecule has 1 atom stereocenters. The summed E-state index contributed by atoms with van der Waals surface area (Å²) in [5.41, 5.74) is 1.62. The van der Waals surface area contributed by atoms with E-state index in [-0.39, 0.29) is 23.3 Å². The lowest BCUT2D eigenvalue weighted by atomic mass is 9.59. The Bertz CT molecular complexity index is 812. The fourth-order valence-corrected chi connectivity index (χ4v) is 4.89. The predicted molar refractivity (Wildman–Crippen MR) is 99.1 cm³/mol. The van der Waals surface area contributed by atoms with Crippen LogP contribution in [0.25, 0.3) is 0 Å². The van der Waals surface area contributed by atoms with Crippen molar-refractivity contribution in [3.63, 3.8) is 0 Å². The third kappa shape index (κ3) is 3.11. The second-order valence-electron chi connectivity index (χ2n) is 7.30. The third-order valence-corrected chi connectivity index (χ3v) is 6.80. The van der Waals surface area contributed by atoms with E-state index >= 15 is 0 Å². The van der Waals surface area contributed by atoms with Gasteiger partial charge in [-0.2, -0.15) is 0 Å². The molecule has 0 aromatic carbocycles. The first kappa shape index (κ1) is 17.1. The van der Waals surface area contributed by atoms with Gasteiger partial charge in [-0.3, -0.25) is 14.6 Å². The Kier molecular flexibility index (Phi) is 4.48. The van der Waals surface area contributed by atoms with E-state index in [4.69, 9.17) is 0 Å². The van der Waals surface area contributed by atoms with Gasteiger partial charge in [-0.15, -0.1) is 11.3 Å². The van der Waals surface area contributed by atoms with E-state index in [1.165, 1.54) is 23.7 Å². The summed E-state index contributed by atoms with van der Waals surface area (Å²) in [4.78, 5) is 35.8. The fourth-order valence-electron chi connectivity index (χ4n) is 4.02. The van der Waals surface area contributed by atoms with Gasteiger partial charge in [0.2, 0.25) is 0 Å². The van der Waals surface area contributed by atoms with E-state index in [1.807, 2.05) is 23.3 Å². The maximum absolute atomic E-state index is 12.6. The molecule has 136 valence electrons. The van der Waals surface area contributed by atoms with E-state index < -0.39 is 0 Å². The average molecular weight is 370 g/mol. The average Bonchev–Trinajstić information content (AvgIpc) is 3.11. The van der Waals surface area contributed by atoms with Crippen molar-refractivity contribution in [3.05, 3.63) is 46.2 Å². The monoisotopic (exact) mass is 370 g/mol. The Morgan fingerprint density at radius 3 is 2.65 bits per heavy atom. The topological polar surface area (TPSA) is 75.2 Å². The second kappa shape index (κ2) is 6.79. The zero-order chi connectivity index (χ0) is 18.1. The summed E-state index contributed by atoms with van der Waals surface area (Å²) in [6, 6.07) is 2.13. The van der Waals surface area contributed by atoms with Gasteiger partial charge in [-0.25, -0.2) is 4.98 Å². The number of likely N-dealkylation sites (tertiary alicyclic amines) is 1. The van der Waals surface area contributed by atoms with Gasteiger partial charge in [-0.1, -0.05) is 0 Å². The molecule has 3 heterocycles. The van der Waals surface area contributed by atoms with Crippen LogP contribution in [0, 0.1) is 12.3 Å². The smallest absolute Gasteiger partial charge is 0.271 e. The predicted octanol–water partition coefficient (Wildman–Crippen LogP) is 2.66. The number of amides is 2. The van der Waals surface area contributed by atoms with Crippen LogP contribution in [0.3, 0.4) is 0 Å². The Labute approximate surface area is 156 Å². The molecule has 1 saturated heterocycles. The minimum absolute atomic E-state index is 0.125. The van der Waals surface area contributed by atoms with E-state index in [0.717, 1.165) is 49.2 Å². The SMILES string of the molecule is Cc1csc(C(=O)N2CCC3(CCC3NC(=O)c3cnccn3)CC2)c1. The molecule has 0 radical (unpaired) electrons. The molecule has 1 spiro atoms. The highest BCUT2D eigenvalue weighted by Gasteiger charge is 2.49. The number of rotatable bonds is 3. The van der Waals surface area contributed by atoms with Crippen LogP contribution in [0.15, 0.2) is 30.0 Å². The lowest BCUT2D eigenvalue weighted by molar-refractivity contribution is -0.00226. The molecule has 1 N–H and O–H groups in total. The fraction of sp³-hybridized carbons (Fsp3) is 0.474. The maximum atomic E-state index is 12.6. The van der Waals surface area contributed by atoms with Gasteiger partial charge in [0, 0.05) is 31.5 Å². The van der Waals surface area contributed by atoms with Crippen LogP contribution in [-0.2, 0) is 0 Å². The number of thiophene rings is 1. The summed E-state index contributed by atoms with van der Waals surface area (Å²) in [6.45, 7) is 3.53. The molecule has 26 heavy (non-hydrogen) atoms. The molecule has 1 aliphatic carbocycles. The summed E-state index contributed by atoms with van der Waals surface area (Å²) in [5.74, 6) is -0.0211. The zero-order valence-corrected chi connectivity index (χ0v) is 15.6. The minimum atomic E-state index is -0.158. The van der Waals surface area contributed by atoms with Crippen LogP contribution in [-0.4, -0.2) is 45.8 Å². The summed E-state index contributed by atoms with van der Waals surface area (Å²) >= 11 is 1.52. The van der Waals surface area contributed by atoms with Crippen molar-refractivity contribution < 1.29 is 9.59 Å². The molecule has 7 heteroatoms. The number of hydrogen-bond donors (Lipinski definition) is 1. The highest BCUT2D eigenvalue weighted by molar-refractivity contribution is 7.12. The van der Waals surface area contributed by atoms with Gasteiger partial charge in [0.15, 0.2) is 0 Å². The van der Waals surface area contributed by atoms with E-state index in [1.54, 1.807) is 6.20 Å². The minimum Gasteiger partial charge on any atom is -0.347 e. The first-order valence-corrected chi connectivity index (χ1v) is 9.87. The molecule has 4 rings (SSSR count). The van der Waals surface area contributed by atoms with Gasteiger partial charge in [0.05, 0.1) is 11.1 Å². The number of hydrogen-bond acceptors (Lipinski definition) is 5. The van der Waals surface area contributed by atoms with Crippen molar-refractivity contribution in [1.29, 1.82) is 0 Å². The summed E-state index contributed by atoms with van der Waals surface area (Å²) in [7, 11) is 0. The quantitative estimate of drug-likeness (QED) is 0.901. The number of carbonyl (C=O) groups excluding carboxylic acids is 2. The summed E-state index contributed by atoms with van der Waals surface area (Å²) in [5, 5.41) is 5.15. The molecule has 1 unspecified atom stereocenters.